The van der Waals surface area contributed by atoms with Gasteiger partial charge in [0.1, 0.15) is 11.4 Å². The van der Waals surface area contributed by atoms with Crippen LogP contribution in [0, 0.1) is 5.82 Å². The predicted molar refractivity (Wildman–Crippen MR) is 157 cm³/mol. The van der Waals surface area contributed by atoms with Crippen LogP contribution in [0.5, 0.6) is 0 Å². The Bertz CT molecular complexity index is 1700. The number of nitrogens with zero attached hydrogens (tertiary/aromatic N) is 6. The number of hydrogen-bond donors (Lipinski definition) is 1. The van der Waals surface area contributed by atoms with Crippen molar-refractivity contribution in [3.63, 3.8) is 0 Å². The summed E-state index contributed by atoms with van der Waals surface area (Å²) in [6.07, 6.45) is 8.94. The monoisotopic (exact) mass is 574 g/mol. The van der Waals surface area contributed by atoms with Gasteiger partial charge in [0.05, 0.1) is 21.6 Å². The Morgan fingerprint density at radius 3 is 2.41 bits per heavy atom. The molecular formula is C30H28ClFN6O3. The number of hydrogen-bond acceptors (Lipinski definition) is 7. The molecule has 9 nitrogen and oxygen atoms in total. The van der Waals surface area contributed by atoms with E-state index in [1.165, 1.54) is 6.20 Å². The van der Waals surface area contributed by atoms with Crippen molar-refractivity contribution in [1.82, 2.24) is 19.4 Å². The van der Waals surface area contributed by atoms with Gasteiger partial charge in [-0.2, -0.15) is 0 Å². The van der Waals surface area contributed by atoms with Gasteiger partial charge in [-0.15, -0.1) is 0 Å². The van der Waals surface area contributed by atoms with Gasteiger partial charge < -0.3 is 19.5 Å². The zero-order valence-electron chi connectivity index (χ0n) is 22.4. The van der Waals surface area contributed by atoms with Crippen LogP contribution in [0.15, 0.2) is 71.9 Å². The van der Waals surface area contributed by atoms with E-state index in [9.17, 15) is 14.7 Å². The molecule has 210 valence electrons. The number of rotatable bonds is 6. The van der Waals surface area contributed by atoms with Crippen LogP contribution < -0.4 is 15.2 Å². The molecule has 4 aromatic rings. The molecule has 1 atom stereocenters. The largest absolute Gasteiger partial charge is 0.477 e. The van der Waals surface area contributed by atoms with Gasteiger partial charge in [-0.25, -0.2) is 19.2 Å². The van der Waals surface area contributed by atoms with Gasteiger partial charge in [0, 0.05) is 69.6 Å². The van der Waals surface area contributed by atoms with Crippen LogP contribution in [0.1, 0.15) is 22.8 Å². The fraction of sp³-hybridized carbons (Fsp3) is 0.267. The lowest BCUT2D eigenvalue weighted by atomic mass is 10.1. The minimum atomic E-state index is -1.39. The van der Waals surface area contributed by atoms with Crippen molar-refractivity contribution in [3.8, 4) is 5.69 Å². The topological polar surface area (TPSA) is 94.8 Å². The number of carbonyl (C=O) groups is 1. The van der Waals surface area contributed by atoms with E-state index in [0.717, 1.165) is 24.7 Å². The summed E-state index contributed by atoms with van der Waals surface area (Å²) in [6, 6.07) is 10.9. The molecule has 1 fully saturated rings. The number of benzene rings is 2. The first-order chi connectivity index (χ1) is 19.8. The maximum Gasteiger partial charge on any atom is 0.341 e. The Hall–Kier alpha value is -4.28. The number of fused-ring (bicyclic) bond motifs is 1. The van der Waals surface area contributed by atoms with Crippen LogP contribution in [0.2, 0.25) is 5.02 Å². The Balaban J connectivity index is 1.39. The van der Waals surface area contributed by atoms with Gasteiger partial charge in [0.25, 0.3) is 0 Å². The third-order valence-corrected chi connectivity index (χ3v) is 8.11. The third-order valence-electron chi connectivity index (χ3n) is 7.75. The zero-order chi connectivity index (χ0) is 28.7. The van der Waals surface area contributed by atoms with Gasteiger partial charge in [0.2, 0.25) is 11.4 Å². The Kier molecular flexibility index (Phi) is 7.19. The smallest absolute Gasteiger partial charge is 0.341 e. The number of aromatic carboxylic acids is 1. The highest BCUT2D eigenvalue weighted by Crippen LogP contribution is 2.37. The van der Waals surface area contributed by atoms with E-state index in [2.05, 4.69) is 33.9 Å². The molecule has 0 radical (unpaired) electrons. The van der Waals surface area contributed by atoms with Crippen LogP contribution in [-0.2, 0) is 6.54 Å². The molecule has 1 N–H and O–H groups in total. The van der Waals surface area contributed by atoms with Crippen molar-refractivity contribution in [2.75, 3.05) is 42.5 Å². The summed E-state index contributed by atoms with van der Waals surface area (Å²) < 4.78 is 17.2. The highest BCUT2D eigenvalue weighted by molar-refractivity contribution is 6.38. The summed E-state index contributed by atoms with van der Waals surface area (Å²) in [6.45, 7) is 5.80. The minimum Gasteiger partial charge on any atom is -0.477 e. The number of pyridine rings is 1. The number of anilines is 2. The number of aromatic nitrogens is 3. The lowest BCUT2D eigenvalue weighted by Gasteiger charge is -2.36. The molecule has 0 saturated carbocycles. The molecule has 1 unspecified atom stereocenters. The molecule has 2 aromatic carbocycles. The first kappa shape index (κ1) is 26.9. The fourth-order valence-electron chi connectivity index (χ4n) is 5.52. The Morgan fingerprint density at radius 1 is 1.10 bits per heavy atom. The van der Waals surface area contributed by atoms with Gasteiger partial charge in [-0.1, -0.05) is 35.9 Å². The average Bonchev–Trinajstić information content (AvgIpc) is 3.38. The first-order valence-electron chi connectivity index (χ1n) is 13.4. The van der Waals surface area contributed by atoms with Crippen LogP contribution >= 0.6 is 11.6 Å². The second-order valence-electron chi connectivity index (χ2n) is 10.3. The van der Waals surface area contributed by atoms with E-state index < -0.39 is 22.8 Å². The van der Waals surface area contributed by atoms with E-state index in [4.69, 9.17) is 11.6 Å². The normalized spacial score (nSPS) is 17.5. The predicted octanol–water partition coefficient (Wildman–Crippen LogP) is 4.36. The van der Waals surface area contributed by atoms with Crippen molar-refractivity contribution < 1.29 is 14.3 Å². The second-order valence-corrected chi connectivity index (χ2v) is 10.6. The van der Waals surface area contributed by atoms with Gasteiger partial charge in [0.15, 0.2) is 0 Å². The molecule has 0 bridgehead atoms. The summed E-state index contributed by atoms with van der Waals surface area (Å²) in [5.74, 6) is -1.47. The Morgan fingerprint density at radius 2 is 1.78 bits per heavy atom. The first-order valence-corrected chi connectivity index (χ1v) is 13.8. The van der Waals surface area contributed by atoms with E-state index >= 15 is 4.39 Å². The lowest BCUT2D eigenvalue weighted by molar-refractivity contribution is 0.0695. The summed E-state index contributed by atoms with van der Waals surface area (Å²) in [4.78, 5) is 39.9. The maximum absolute atomic E-state index is 15.6. The molecule has 11 heteroatoms. The van der Waals surface area contributed by atoms with Crippen molar-refractivity contribution in [1.29, 1.82) is 0 Å². The van der Waals surface area contributed by atoms with E-state index in [-0.39, 0.29) is 21.6 Å². The van der Waals surface area contributed by atoms with E-state index in [1.54, 1.807) is 23.0 Å². The molecule has 2 aliphatic rings. The Labute approximate surface area is 240 Å². The minimum absolute atomic E-state index is 0.0551. The lowest BCUT2D eigenvalue weighted by Crippen LogP contribution is -2.47. The summed E-state index contributed by atoms with van der Waals surface area (Å²) in [5, 5.41) is 9.73. The number of halogens is 2. The van der Waals surface area contributed by atoms with E-state index in [0.29, 0.717) is 43.9 Å². The summed E-state index contributed by atoms with van der Waals surface area (Å²) in [5.41, 5.74) is 0.895. The van der Waals surface area contributed by atoms with Crippen molar-refractivity contribution in [3.05, 3.63) is 99.3 Å². The van der Waals surface area contributed by atoms with Crippen molar-refractivity contribution in [2.24, 2.45) is 0 Å². The van der Waals surface area contributed by atoms with Crippen LogP contribution in [0.3, 0.4) is 0 Å². The van der Waals surface area contributed by atoms with Crippen LogP contribution in [0.25, 0.3) is 16.6 Å². The van der Waals surface area contributed by atoms with Gasteiger partial charge >= 0.3 is 5.97 Å². The molecule has 6 rings (SSSR count). The summed E-state index contributed by atoms with van der Waals surface area (Å²) in [7, 11) is 0. The molecule has 2 aliphatic heterocycles. The zero-order valence-corrected chi connectivity index (χ0v) is 23.1. The van der Waals surface area contributed by atoms with Gasteiger partial charge in [-0.3, -0.25) is 9.69 Å². The summed E-state index contributed by atoms with van der Waals surface area (Å²) >= 11 is 6.91. The third kappa shape index (κ3) is 5.05. The van der Waals surface area contributed by atoms with Crippen molar-refractivity contribution >= 4 is 40.1 Å². The average molecular weight is 575 g/mol. The molecule has 4 heterocycles. The molecular weight excluding hydrogens is 547 g/mol. The number of piperazine rings is 1. The van der Waals surface area contributed by atoms with Crippen LogP contribution in [-0.4, -0.2) is 69.3 Å². The molecule has 0 aliphatic carbocycles. The van der Waals surface area contributed by atoms with Crippen molar-refractivity contribution in [2.45, 2.75) is 19.5 Å². The van der Waals surface area contributed by atoms with Crippen LogP contribution in [0.4, 0.5) is 16.0 Å². The molecule has 41 heavy (non-hydrogen) atoms. The highest BCUT2D eigenvalue weighted by atomic mass is 35.5. The maximum atomic E-state index is 15.6. The molecule has 2 aromatic heterocycles. The molecule has 0 amide bonds. The SMILES string of the molecule is CC1C=CCN1Cc1ccc(-n2cc(C(=O)O)c(=O)c3cc(F)c(N4CCN(c5ncccn5)CC4)c(Cl)c32)cc1. The number of carboxylic acid groups (broad SMARTS) is 1. The molecule has 1 saturated heterocycles. The highest BCUT2D eigenvalue weighted by Gasteiger charge is 2.27. The second kappa shape index (κ2) is 10.9. The number of carboxylic acids is 1. The van der Waals surface area contributed by atoms with E-state index in [1.807, 2.05) is 34.1 Å². The quantitative estimate of drug-likeness (QED) is 0.340. The van der Waals surface area contributed by atoms with Gasteiger partial charge in [-0.05, 0) is 36.8 Å². The fourth-order valence-corrected chi connectivity index (χ4v) is 5.92. The standard InChI is InChI=1S/C30H28ClFN6O3/c1-19-4-2-11-37(19)17-20-5-7-21(8-6-20)38-18-23(29(40)41)28(39)22-16-24(32)27(25(31)26(22)38)35-12-14-36(15-13-35)30-33-9-3-10-34-30/h2-10,16,18-19H,11-15,17H2,1H3,(H,40,41). The molecule has 0 spiro atoms.